The highest BCUT2D eigenvalue weighted by Crippen LogP contribution is 2.17. The molecule has 0 saturated carbocycles. The highest BCUT2D eigenvalue weighted by atomic mass is 16.5. The zero-order valence-electron chi connectivity index (χ0n) is 7.51. The van der Waals surface area contributed by atoms with Crippen LogP contribution in [-0.4, -0.2) is 12.7 Å². The monoisotopic (exact) mass is 155 g/mol. The number of hydrogen-bond acceptors (Lipinski definition) is 1. The molecule has 1 heterocycles. The zero-order chi connectivity index (χ0) is 7.94. The summed E-state index contributed by atoms with van der Waals surface area (Å²) in [5.41, 5.74) is 0. The van der Waals surface area contributed by atoms with E-state index >= 15 is 0 Å². The molecular formula is C10H19O. The number of rotatable bonds is 5. The fourth-order valence-electron chi connectivity index (χ4n) is 1.48. The van der Waals surface area contributed by atoms with E-state index in [1.807, 2.05) is 0 Å². The van der Waals surface area contributed by atoms with Crippen LogP contribution in [-0.2, 0) is 4.74 Å². The lowest BCUT2D eigenvalue weighted by Crippen LogP contribution is -2.04. The van der Waals surface area contributed by atoms with Gasteiger partial charge in [0.2, 0.25) is 0 Å². The van der Waals surface area contributed by atoms with Gasteiger partial charge in [0.25, 0.3) is 0 Å². The van der Waals surface area contributed by atoms with E-state index in [4.69, 9.17) is 4.74 Å². The lowest BCUT2D eigenvalue weighted by molar-refractivity contribution is 0.110. The molecule has 1 aliphatic rings. The van der Waals surface area contributed by atoms with E-state index in [9.17, 15) is 0 Å². The Morgan fingerprint density at radius 2 is 2.45 bits per heavy atom. The summed E-state index contributed by atoms with van der Waals surface area (Å²) in [4.78, 5) is 0. The molecule has 0 aromatic heterocycles. The van der Waals surface area contributed by atoms with Gasteiger partial charge in [-0.25, -0.2) is 0 Å². The Morgan fingerprint density at radius 1 is 1.55 bits per heavy atom. The van der Waals surface area contributed by atoms with Crippen LogP contribution in [0.5, 0.6) is 0 Å². The molecule has 1 heteroatoms. The molecule has 0 aromatic rings. The molecule has 1 rings (SSSR count). The lowest BCUT2D eigenvalue weighted by atomic mass is 10.1. The third kappa shape index (κ3) is 3.76. The first-order valence-corrected chi connectivity index (χ1v) is 4.86. The largest absolute Gasteiger partial charge is 0.378 e. The first kappa shape index (κ1) is 9.05. The van der Waals surface area contributed by atoms with Crippen molar-refractivity contribution < 1.29 is 4.74 Å². The van der Waals surface area contributed by atoms with Gasteiger partial charge in [0.1, 0.15) is 0 Å². The van der Waals surface area contributed by atoms with Crippen LogP contribution in [0, 0.1) is 6.42 Å². The van der Waals surface area contributed by atoms with Crippen molar-refractivity contribution in [2.75, 3.05) is 6.61 Å². The Bertz CT molecular complexity index is 84.9. The Balaban J connectivity index is 1.86. The van der Waals surface area contributed by atoms with Crippen LogP contribution < -0.4 is 0 Å². The summed E-state index contributed by atoms with van der Waals surface area (Å²) >= 11 is 0. The molecule has 0 N–H and O–H groups in total. The van der Waals surface area contributed by atoms with Crippen LogP contribution >= 0.6 is 0 Å². The number of hydrogen-bond donors (Lipinski definition) is 0. The molecule has 0 aromatic carbocycles. The van der Waals surface area contributed by atoms with Crippen molar-refractivity contribution in [2.24, 2.45) is 0 Å². The molecule has 0 amide bonds. The van der Waals surface area contributed by atoms with Gasteiger partial charge in [-0.3, -0.25) is 0 Å². The van der Waals surface area contributed by atoms with Crippen molar-refractivity contribution in [3.63, 3.8) is 0 Å². The van der Waals surface area contributed by atoms with Gasteiger partial charge in [0, 0.05) is 6.61 Å². The van der Waals surface area contributed by atoms with Crippen LogP contribution in [0.15, 0.2) is 0 Å². The Morgan fingerprint density at radius 3 is 3.09 bits per heavy atom. The summed E-state index contributed by atoms with van der Waals surface area (Å²) in [6.07, 6.45) is 10.6. The molecule has 1 saturated heterocycles. The van der Waals surface area contributed by atoms with E-state index in [0.29, 0.717) is 6.10 Å². The highest BCUT2D eigenvalue weighted by molar-refractivity contribution is 4.74. The second-order valence-electron chi connectivity index (χ2n) is 3.30. The maximum atomic E-state index is 5.50. The molecule has 0 bridgehead atoms. The van der Waals surface area contributed by atoms with E-state index in [-0.39, 0.29) is 0 Å². The van der Waals surface area contributed by atoms with E-state index in [1.54, 1.807) is 0 Å². The van der Waals surface area contributed by atoms with Gasteiger partial charge in [0.15, 0.2) is 0 Å². The third-order valence-corrected chi connectivity index (χ3v) is 2.22. The van der Waals surface area contributed by atoms with Gasteiger partial charge in [-0.15, -0.1) is 0 Å². The topological polar surface area (TPSA) is 9.23 Å². The second-order valence-corrected chi connectivity index (χ2v) is 3.30. The van der Waals surface area contributed by atoms with Crippen LogP contribution in [0.2, 0.25) is 0 Å². The fraction of sp³-hybridized carbons (Fsp3) is 0.900. The molecule has 1 fully saturated rings. The zero-order valence-corrected chi connectivity index (χ0v) is 7.51. The van der Waals surface area contributed by atoms with E-state index in [0.717, 1.165) is 6.61 Å². The van der Waals surface area contributed by atoms with Crippen molar-refractivity contribution in [3.8, 4) is 0 Å². The molecule has 1 aliphatic heterocycles. The highest BCUT2D eigenvalue weighted by Gasteiger charge is 2.13. The van der Waals surface area contributed by atoms with Crippen LogP contribution in [0.1, 0.15) is 45.4 Å². The van der Waals surface area contributed by atoms with Crippen molar-refractivity contribution in [2.45, 2.75) is 51.6 Å². The maximum Gasteiger partial charge on any atom is 0.0578 e. The van der Waals surface area contributed by atoms with Gasteiger partial charge in [-0.2, -0.15) is 0 Å². The van der Waals surface area contributed by atoms with Crippen LogP contribution in [0.4, 0.5) is 0 Å². The van der Waals surface area contributed by atoms with Gasteiger partial charge < -0.3 is 4.74 Å². The molecule has 1 nitrogen and oxygen atoms in total. The van der Waals surface area contributed by atoms with Gasteiger partial charge in [-0.05, 0) is 25.7 Å². The average molecular weight is 155 g/mol. The fourth-order valence-corrected chi connectivity index (χ4v) is 1.48. The molecular weight excluding hydrogens is 136 g/mol. The summed E-state index contributed by atoms with van der Waals surface area (Å²) in [7, 11) is 0. The maximum absolute atomic E-state index is 5.50. The average Bonchev–Trinajstić information content (AvgIpc) is 2.50. The van der Waals surface area contributed by atoms with E-state index in [2.05, 4.69) is 13.3 Å². The predicted molar refractivity (Wildman–Crippen MR) is 47.4 cm³/mol. The number of ether oxygens (including phenoxy) is 1. The summed E-state index contributed by atoms with van der Waals surface area (Å²) in [5, 5.41) is 0. The summed E-state index contributed by atoms with van der Waals surface area (Å²) in [5.74, 6) is 0. The molecule has 1 radical (unpaired) electrons. The minimum Gasteiger partial charge on any atom is -0.378 e. The van der Waals surface area contributed by atoms with Crippen molar-refractivity contribution >= 4 is 0 Å². The van der Waals surface area contributed by atoms with E-state index < -0.39 is 0 Å². The SMILES string of the molecule is CCCC[CH]CC1CCCO1. The van der Waals surface area contributed by atoms with Gasteiger partial charge in [0.05, 0.1) is 6.10 Å². The first-order valence-electron chi connectivity index (χ1n) is 4.86. The summed E-state index contributed by atoms with van der Waals surface area (Å²) < 4.78 is 5.50. The molecule has 1 atom stereocenters. The van der Waals surface area contributed by atoms with Crippen molar-refractivity contribution in [1.82, 2.24) is 0 Å². The smallest absolute Gasteiger partial charge is 0.0578 e. The molecule has 11 heavy (non-hydrogen) atoms. The molecule has 1 unspecified atom stereocenters. The Kier molecular flexibility index (Phi) is 4.60. The minimum absolute atomic E-state index is 0.562. The summed E-state index contributed by atoms with van der Waals surface area (Å²) in [6.45, 7) is 3.23. The minimum atomic E-state index is 0.562. The third-order valence-electron chi connectivity index (χ3n) is 2.22. The summed E-state index contributed by atoms with van der Waals surface area (Å²) in [6, 6.07) is 0. The van der Waals surface area contributed by atoms with Crippen molar-refractivity contribution in [3.05, 3.63) is 6.42 Å². The number of unbranched alkanes of at least 4 members (excludes halogenated alkanes) is 3. The van der Waals surface area contributed by atoms with Crippen LogP contribution in [0.3, 0.4) is 0 Å². The Hall–Kier alpha value is -0.0400. The first-order chi connectivity index (χ1) is 5.43. The second kappa shape index (κ2) is 5.59. The Labute approximate surface area is 70.1 Å². The van der Waals surface area contributed by atoms with Crippen molar-refractivity contribution in [1.29, 1.82) is 0 Å². The van der Waals surface area contributed by atoms with Gasteiger partial charge in [-0.1, -0.05) is 26.2 Å². The molecule has 0 spiro atoms. The standard InChI is InChI=1S/C10H19O/c1-2-3-4-5-7-10-8-6-9-11-10/h5,10H,2-4,6-9H2,1H3. The predicted octanol–water partition coefficient (Wildman–Crippen LogP) is 2.95. The quantitative estimate of drug-likeness (QED) is 0.555. The molecule has 65 valence electrons. The normalized spacial score (nSPS) is 24.3. The van der Waals surface area contributed by atoms with Crippen LogP contribution in [0.25, 0.3) is 0 Å². The van der Waals surface area contributed by atoms with Gasteiger partial charge >= 0.3 is 0 Å². The molecule has 0 aliphatic carbocycles. The lowest BCUT2D eigenvalue weighted by Gasteiger charge is -2.07. The van der Waals surface area contributed by atoms with E-state index in [1.165, 1.54) is 38.5 Å².